The average molecular weight is 405 g/mol. The number of nitrogens with zero attached hydrogens (tertiary/aromatic N) is 1. The summed E-state index contributed by atoms with van der Waals surface area (Å²) >= 11 is 7.34. The fraction of sp³-hybridized carbons (Fsp3) is 0.263. The molecule has 4 N–H and O–H groups in total. The summed E-state index contributed by atoms with van der Waals surface area (Å²) in [6.45, 7) is 7.34. The molecule has 0 aliphatic carbocycles. The number of nitrogens with two attached hydrogens (primary N) is 1. The number of aryl methyl sites for hydroxylation is 2. The molecule has 27 heavy (non-hydrogen) atoms. The Morgan fingerprint density at radius 1 is 1.26 bits per heavy atom. The fourth-order valence-electron chi connectivity index (χ4n) is 2.75. The molecule has 0 fully saturated rings. The lowest BCUT2D eigenvalue weighted by atomic mass is 10.0. The molecule has 0 atom stereocenters. The highest BCUT2D eigenvalue weighted by Gasteiger charge is 2.31. The summed E-state index contributed by atoms with van der Waals surface area (Å²) in [5.74, 6) is 5.79. The lowest BCUT2D eigenvalue weighted by molar-refractivity contribution is -0.128. The van der Waals surface area contributed by atoms with Crippen LogP contribution in [0.1, 0.15) is 25.0 Å². The molecule has 0 aliphatic rings. The highest BCUT2D eigenvalue weighted by Crippen LogP contribution is 2.35. The van der Waals surface area contributed by atoms with Gasteiger partial charge in [-0.1, -0.05) is 22.9 Å². The fourth-order valence-corrected chi connectivity index (χ4v) is 3.73. The van der Waals surface area contributed by atoms with Crippen LogP contribution in [0.3, 0.4) is 0 Å². The maximum Gasteiger partial charge on any atom is 0.267 e. The van der Waals surface area contributed by atoms with Crippen LogP contribution in [0.5, 0.6) is 5.75 Å². The first-order valence-corrected chi connectivity index (χ1v) is 9.54. The summed E-state index contributed by atoms with van der Waals surface area (Å²) in [6.07, 6.45) is 0. The normalized spacial score (nSPS) is 11.5. The van der Waals surface area contributed by atoms with Crippen LogP contribution in [0.25, 0.3) is 10.2 Å². The van der Waals surface area contributed by atoms with E-state index in [4.69, 9.17) is 22.2 Å². The van der Waals surface area contributed by atoms with Crippen molar-refractivity contribution in [3.05, 3.63) is 46.5 Å². The maximum absolute atomic E-state index is 12.9. The van der Waals surface area contributed by atoms with Gasteiger partial charge in [-0.05, 0) is 69.2 Å². The number of carbonyl (C=O) groups excluding carboxylic acids is 1. The van der Waals surface area contributed by atoms with Crippen molar-refractivity contribution in [3.63, 3.8) is 0 Å². The van der Waals surface area contributed by atoms with E-state index < -0.39 is 5.60 Å². The minimum Gasteiger partial charge on any atom is -0.478 e. The summed E-state index contributed by atoms with van der Waals surface area (Å²) < 4.78 is 6.85. The number of anilines is 2. The molecule has 0 radical (unpaired) electrons. The summed E-state index contributed by atoms with van der Waals surface area (Å²) in [6, 6.07) is 8.85. The Morgan fingerprint density at radius 2 is 1.93 bits per heavy atom. The zero-order valence-electron chi connectivity index (χ0n) is 15.5. The summed E-state index contributed by atoms with van der Waals surface area (Å²) in [5.41, 5.74) is 4.97. The van der Waals surface area contributed by atoms with Crippen LogP contribution in [0.4, 0.5) is 10.8 Å². The van der Waals surface area contributed by atoms with Gasteiger partial charge >= 0.3 is 0 Å². The van der Waals surface area contributed by atoms with Crippen LogP contribution < -0.4 is 21.3 Å². The van der Waals surface area contributed by atoms with Crippen LogP contribution in [-0.4, -0.2) is 16.5 Å². The van der Waals surface area contributed by atoms with Gasteiger partial charge in [0.05, 0.1) is 10.2 Å². The number of nitrogens with one attached hydrogen (secondary N) is 2. The van der Waals surface area contributed by atoms with Gasteiger partial charge in [0.1, 0.15) is 5.75 Å². The number of hydrazine groups is 1. The first kappa shape index (κ1) is 19.4. The minimum atomic E-state index is -1.07. The molecule has 3 rings (SSSR count). The summed E-state index contributed by atoms with van der Waals surface area (Å²) in [7, 11) is 0. The first-order valence-electron chi connectivity index (χ1n) is 8.34. The third-order valence-electron chi connectivity index (χ3n) is 4.21. The van der Waals surface area contributed by atoms with Crippen molar-refractivity contribution in [3.8, 4) is 5.75 Å². The van der Waals surface area contributed by atoms with Crippen LogP contribution in [-0.2, 0) is 4.79 Å². The largest absolute Gasteiger partial charge is 0.478 e. The van der Waals surface area contributed by atoms with Crippen molar-refractivity contribution in [1.82, 2.24) is 4.98 Å². The highest BCUT2D eigenvalue weighted by molar-refractivity contribution is 7.22. The zero-order valence-corrected chi connectivity index (χ0v) is 17.1. The lowest BCUT2D eigenvalue weighted by Gasteiger charge is -2.26. The quantitative estimate of drug-likeness (QED) is 0.425. The number of nitrogen functional groups attached to an aromatic ring is 1. The van der Waals surface area contributed by atoms with Crippen molar-refractivity contribution in [2.75, 3.05) is 10.7 Å². The number of carbonyl (C=O) groups is 1. The number of hydrogen-bond donors (Lipinski definition) is 3. The molecule has 0 bridgehead atoms. The molecule has 0 saturated heterocycles. The summed E-state index contributed by atoms with van der Waals surface area (Å²) in [5, 5.41) is 4.25. The second kappa shape index (κ2) is 7.34. The molecule has 0 unspecified atom stereocenters. The average Bonchev–Trinajstić information content (AvgIpc) is 3.03. The number of aromatic nitrogens is 1. The van der Waals surface area contributed by atoms with Gasteiger partial charge in [0.15, 0.2) is 10.7 Å². The van der Waals surface area contributed by atoms with Gasteiger partial charge in [-0.2, -0.15) is 0 Å². The number of rotatable bonds is 5. The number of thiazole rings is 1. The Kier molecular flexibility index (Phi) is 5.28. The van der Waals surface area contributed by atoms with Crippen LogP contribution in [0.15, 0.2) is 30.3 Å². The van der Waals surface area contributed by atoms with Crippen molar-refractivity contribution in [1.29, 1.82) is 0 Å². The highest BCUT2D eigenvalue weighted by atomic mass is 35.5. The Balaban J connectivity index is 1.87. The van der Waals surface area contributed by atoms with Crippen LogP contribution >= 0.6 is 22.9 Å². The van der Waals surface area contributed by atoms with E-state index >= 15 is 0 Å². The van der Waals surface area contributed by atoms with Gasteiger partial charge in [-0.25, -0.2) is 10.8 Å². The van der Waals surface area contributed by atoms with E-state index in [-0.39, 0.29) is 5.91 Å². The van der Waals surface area contributed by atoms with Crippen LogP contribution in [0, 0.1) is 13.8 Å². The van der Waals surface area contributed by atoms with Gasteiger partial charge in [0.25, 0.3) is 5.91 Å². The van der Waals surface area contributed by atoms with E-state index in [0.29, 0.717) is 15.9 Å². The molecule has 1 heterocycles. The molecular weight excluding hydrogens is 384 g/mol. The predicted molar refractivity (Wildman–Crippen MR) is 112 cm³/mol. The molecule has 6 nitrogen and oxygen atoms in total. The second-order valence-corrected chi connectivity index (χ2v) is 8.16. The van der Waals surface area contributed by atoms with E-state index in [2.05, 4.69) is 15.7 Å². The third-order valence-corrected chi connectivity index (χ3v) is 5.59. The second-order valence-electron chi connectivity index (χ2n) is 6.73. The number of benzene rings is 2. The van der Waals surface area contributed by atoms with E-state index in [1.165, 1.54) is 11.3 Å². The summed E-state index contributed by atoms with van der Waals surface area (Å²) in [4.78, 5) is 17.3. The molecule has 142 valence electrons. The lowest BCUT2D eigenvalue weighted by Crippen LogP contribution is -2.42. The van der Waals surface area contributed by atoms with E-state index in [9.17, 15) is 4.79 Å². The monoisotopic (exact) mass is 404 g/mol. The van der Waals surface area contributed by atoms with Crippen molar-refractivity contribution in [2.45, 2.75) is 33.3 Å². The molecule has 0 spiro atoms. The van der Waals surface area contributed by atoms with E-state index in [0.717, 1.165) is 27.0 Å². The Labute approximate surface area is 166 Å². The minimum absolute atomic E-state index is 0.246. The van der Waals surface area contributed by atoms with Gasteiger partial charge in [-0.15, -0.1) is 0 Å². The third kappa shape index (κ3) is 4.00. The molecular formula is C19H21ClN4O2S. The Morgan fingerprint density at radius 3 is 2.56 bits per heavy atom. The topological polar surface area (TPSA) is 89.3 Å². The van der Waals surface area contributed by atoms with E-state index in [1.54, 1.807) is 38.1 Å². The molecule has 0 aliphatic heterocycles. The number of ether oxygens (including phenoxy) is 1. The number of halogens is 1. The number of fused-ring (bicyclic) bond motifs is 1. The molecule has 1 aromatic heterocycles. The zero-order chi connectivity index (χ0) is 19.8. The van der Waals surface area contributed by atoms with Crippen LogP contribution in [0.2, 0.25) is 5.02 Å². The van der Waals surface area contributed by atoms with Gasteiger partial charge in [-0.3, -0.25) is 10.2 Å². The predicted octanol–water partition coefficient (Wildman–Crippen LogP) is 4.65. The van der Waals surface area contributed by atoms with Gasteiger partial charge in [0, 0.05) is 10.7 Å². The van der Waals surface area contributed by atoms with E-state index in [1.807, 2.05) is 19.9 Å². The molecule has 1 amide bonds. The Bertz CT molecular complexity index is 999. The van der Waals surface area contributed by atoms with Crippen molar-refractivity contribution >= 4 is 49.9 Å². The first-order chi connectivity index (χ1) is 12.7. The molecule has 0 saturated carbocycles. The van der Waals surface area contributed by atoms with Crippen molar-refractivity contribution in [2.24, 2.45) is 5.84 Å². The molecule has 3 aromatic rings. The van der Waals surface area contributed by atoms with Gasteiger partial charge in [0.2, 0.25) is 0 Å². The number of hydrogen-bond acceptors (Lipinski definition) is 6. The SMILES string of the molecule is Cc1cc2nc(NN)sc2c(C)c1NC(=O)C(C)(C)Oc1ccc(Cl)cc1. The standard InChI is InChI=1S/C19H21ClN4O2S/c1-10-9-14-16(27-18(22-14)24-21)11(2)15(10)23-17(25)19(3,4)26-13-7-5-12(20)6-8-13/h5-9H,21H2,1-4H3,(H,22,24)(H,23,25). The Hall–Kier alpha value is -2.35. The van der Waals surface area contributed by atoms with Gasteiger partial charge < -0.3 is 10.1 Å². The maximum atomic E-state index is 12.9. The van der Waals surface area contributed by atoms with Crippen molar-refractivity contribution < 1.29 is 9.53 Å². The number of amides is 1. The smallest absolute Gasteiger partial charge is 0.267 e. The molecule has 8 heteroatoms. The molecule has 2 aromatic carbocycles.